The number of nitrogens with one attached hydrogen (secondary N) is 2. The Hall–Kier alpha value is -2.73. The first-order chi connectivity index (χ1) is 15.0. The van der Waals surface area contributed by atoms with Crippen molar-refractivity contribution in [1.82, 2.24) is 15.5 Å². The van der Waals surface area contributed by atoms with Gasteiger partial charge < -0.3 is 20.1 Å². The summed E-state index contributed by atoms with van der Waals surface area (Å²) in [5.74, 6) is 1.46. The fourth-order valence-electron chi connectivity index (χ4n) is 4.37. The average Bonchev–Trinajstić information content (AvgIpc) is 2.77. The van der Waals surface area contributed by atoms with Crippen LogP contribution in [-0.4, -0.2) is 44.3 Å². The third kappa shape index (κ3) is 5.31. The number of carbonyl (C=O) groups is 1. The molecule has 168 valence electrons. The Labute approximate surface area is 185 Å². The first-order valence-corrected chi connectivity index (χ1v) is 11.1. The first kappa shape index (κ1) is 22.9. The van der Waals surface area contributed by atoms with Crippen molar-refractivity contribution < 1.29 is 14.3 Å². The quantitative estimate of drug-likeness (QED) is 0.665. The number of benzene rings is 2. The summed E-state index contributed by atoms with van der Waals surface area (Å²) in [5, 5.41) is 6.09. The van der Waals surface area contributed by atoms with Crippen molar-refractivity contribution in [2.75, 3.05) is 27.3 Å². The number of nitrogens with zero attached hydrogens (tertiary/aromatic N) is 1. The van der Waals surface area contributed by atoms with Crippen LogP contribution in [-0.2, 0) is 13.0 Å². The molecule has 1 aliphatic rings. The molecule has 2 aromatic rings. The molecule has 31 heavy (non-hydrogen) atoms. The number of hydrogen-bond acceptors (Lipinski definition) is 4. The van der Waals surface area contributed by atoms with Gasteiger partial charge in [0.15, 0.2) is 11.5 Å². The summed E-state index contributed by atoms with van der Waals surface area (Å²) in [4.78, 5) is 14.9. The molecule has 0 saturated heterocycles. The SMILES string of the molecule is CCCNC(=O)N[C@H](C)[C@@H]1c2cc(OC)c(OC)cc2CCN1Cc1ccccc1C. The Kier molecular flexibility index (Phi) is 7.80. The zero-order chi connectivity index (χ0) is 22.4. The molecule has 2 N–H and O–H groups in total. The molecule has 0 unspecified atom stereocenters. The number of urea groups is 1. The van der Waals surface area contributed by atoms with Crippen molar-refractivity contribution >= 4 is 6.03 Å². The van der Waals surface area contributed by atoms with E-state index in [0.29, 0.717) is 12.3 Å². The second-order valence-electron chi connectivity index (χ2n) is 8.19. The molecule has 0 radical (unpaired) electrons. The maximum absolute atomic E-state index is 12.4. The van der Waals surface area contributed by atoms with Crippen molar-refractivity contribution in [1.29, 1.82) is 0 Å². The van der Waals surface area contributed by atoms with Crippen LogP contribution in [0, 0.1) is 6.92 Å². The minimum atomic E-state index is -0.127. The molecule has 1 heterocycles. The van der Waals surface area contributed by atoms with E-state index in [1.165, 1.54) is 22.3 Å². The van der Waals surface area contributed by atoms with E-state index in [-0.39, 0.29) is 18.1 Å². The van der Waals surface area contributed by atoms with Crippen LogP contribution >= 0.6 is 0 Å². The Bertz CT molecular complexity index is 900. The van der Waals surface area contributed by atoms with Crippen molar-refractivity contribution in [2.24, 2.45) is 0 Å². The number of fused-ring (bicyclic) bond motifs is 1. The van der Waals surface area contributed by atoms with Gasteiger partial charge in [-0.1, -0.05) is 31.2 Å². The summed E-state index contributed by atoms with van der Waals surface area (Å²) < 4.78 is 11.1. The van der Waals surface area contributed by atoms with E-state index in [0.717, 1.165) is 31.7 Å². The third-order valence-electron chi connectivity index (χ3n) is 6.03. The minimum Gasteiger partial charge on any atom is -0.493 e. The highest BCUT2D eigenvalue weighted by Gasteiger charge is 2.34. The Morgan fingerprint density at radius 1 is 1.19 bits per heavy atom. The summed E-state index contributed by atoms with van der Waals surface area (Å²) in [6.45, 7) is 8.67. The van der Waals surface area contributed by atoms with Crippen LogP contribution in [0.5, 0.6) is 11.5 Å². The topological polar surface area (TPSA) is 62.8 Å². The van der Waals surface area contributed by atoms with Crippen LogP contribution in [0.3, 0.4) is 0 Å². The Morgan fingerprint density at radius 3 is 2.58 bits per heavy atom. The molecule has 0 spiro atoms. The fourth-order valence-corrected chi connectivity index (χ4v) is 4.37. The van der Waals surface area contributed by atoms with E-state index in [2.05, 4.69) is 65.8 Å². The standard InChI is InChI=1S/C25H35N3O3/c1-6-12-26-25(29)27-18(3)24-21-15-23(31-5)22(30-4)14-19(21)11-13-28(24)16-20-10-8-7-9-17(20)2/h7-10,14-15,18,24H,6,11-13,16H2,1-5H3,(H2,26,27,29)/t18-,24-/m1/s1. The van der Waals surface area contributed by atoms with E-state index >= 15 is 0 Å². The van der Waals surface area contributed by atoms with Crippen molar-refractivity contribution in [3.05, 3.63) is 58.7 Å². The Balaban J connectivity index is 1.95. The van der Waals surface area contributed by atoms with Gasteiger partial charge in [0.1, 0.15) is 0 Å². The predicted octanol–water partition coefficient (Wildman–Crippen LogP) is 4.21. The Morgan fingerprint density at radius 2 is 1.90 bits per heavy atom. The van der Waals surface area contributed by atoms with E-state index in [4.69, 9.17) is 9.47 Å². The van der Waals surface area contributed by atoms with Crippen LogP contribution in [0.15, 0.2) is 36.4 Å². The third-order valence-corrected chi connectivity index (χ3v) is 6.03. The van der Waals surface area contributed by atoms with E-state index < -0.39 is 0 Å². The van der Waals surface area contributed by atoms with Crippen LogP contribution < -0.4 is 20.1 Å². The first-order valence-electron chi connectivity index (χ1n) is 11.1. The van der Waals surface area contributed by atoms with E-state index in [1.807, 2.05) is 6.92 Å². The van der Waals surface area contributed by atoms with Gasteiger partial charge in [-0.05, 0) is 61.1 Å². The van der Waals surface area contributed by atoms with Gasteiger partial charge in [0.2, 0.25) is 0 Å². The second-order valence-corrected chi connectivity index (χ2v) is 8.19. The lowest BCUT2D eigenvalue weighted by Gasteiger charge is -2.41. The lowest BCUT2D eigenvalue weighted by molar-refractivity contribution is 0.143. The fraction of sp³-hybridized carbons (Fsp3) is 0.480. The molecular weight excluding hydrogens is 390 g/mol. The summed E-state index contributed by atoms with van der Waals surface area (Å²) in [6.07, 6.45) is 1.83. The predicted molar refractivity (Wildman–Crippen MR) is 124 cm³/mol. The molecule has 3 rings (SSSR count). The number of amides is 2. The summed E-state index contributed by atoms with van der Waals surface area (Å²) in [6, 6.07) is 12.5. The molecule has 6 heteroatoms. The lowest BCUT2D eigenvalue weighted by Crippen LogP contribution is -2.50. The number of ether oxygens (including phenoxy) is 2. The highest BCUT2D eigenvalue weighted by atomic mass is 16.5. The highest BCUT2D eigenvalue weighted by molar-refractivity contribution is 5.74. The molecule has 0 saturated carbocycles. The zero-order valence-electron chi connectivity index (χ0n) is 19.3. The molecule has 6 nitrogen and oxygen atoms in total. The molecule has 0 aromatic heterocycles. The van der Waals surface area contributed by atoms with Gasteiger partial charge >= 0.3 is 6.03 Å². The van der Waals surface area contributed by atoms with Gasteiger partial charge in [-0.3, -0.25) is 4.90 Å². The number of methoxy groups -OCH3 is 2. The molecule has 2 aromatic carbocycles. The van der Waals surface area contributed by atoms with Gasteiger partial charge in [0, 0.05) is 25.7 Å². The zero-order valence-corrected chi connectivity index (χ0v) is 19.3. The maximum atomic E-state index is 12.4. The van der Waals surface area contributed by atoms with Crippen molar-refractivity contribution in [3.8, 4) is 11.5 Å². The smallest absolute Gasteiger partial charge is 0.315 e. The molecule has 2 atom stereocenters. The summed E-state index contributed by atoms with van der Waals surface area (Å²) in [7, 11) is 3.32. The number of aryl methyl sites for hydroxylation is 1. The van der Waals surface area contributed by atoms with Gasteiger partial charge in [-0.2, -0.15) is 0 Å². The monoisotopic (exact) mass is 425 g/mol. The van der Waals surface area contributed by atoms with Crippen LogP contribution in [0.1, 0.15) is 48.6 Å². The molecular formula is C25H35N3O3. The van der Waals surface area contributed by atoms with Crippen LogP contribution in [0.4, 0.5) is 4.79 Å². The van der Waals surface area contributed by atoms with E-state index in [9.17, 15) is 4.79 Å². The van der Waals surface area contributed by atoms with Gasteiger partial charge in [0.05, 0.1) is 20.3 Å². The molecule has 2 amide bonds. The highest BCUT2D eigenvalue weighted by Crippen LogP contribution is 2.40. The normalized spacial score (nSPS) is 16.9. The lowest BCUT2D eigenvalue weighted by atomic mass is 9.87. The number of rotatable bonds is 8. The summed E-state index contributed by atoms with van der Waals surface area (Å²) >= 11 is 0. The minimum absolute atomic E-state index is 0.0236. The second kappa shape index (κ2) is 10.5. The van der Waals surface area contributed by atoms with Crippen LogP contribution in [0.2, 0.25) is 0 Å². The van der Waals surface area contributed by atoms with Crippen LogP contribution in [0.25, 0.3) is 0 Å². The van der Waals surface area contributed by atoms with Gasteiger partial charge in [-0.15, -0.1) is 0 Å². The molecule has 0 fully saturated rings. The van der Waals surface area contributed by atoms with Crippen molar-refractivity contribution in [2.45, 2.75) is 52.2 Å². The van der Waals surface area contributed by atoms with Gasteiger partial charge in [0.25, 0.3) is 0 Å². The average molecular weight is 426 g/mol. The van der Waals surface area contributed by atoms with E-state index in [1.54, 1.807) is 14.2 Å². The maximum Gasteiger partial charge on any atom is 0.315 e. The molecule has 1 aliphatic heterocycles. The molecule has 0 aliphatic carbocycles. The summed E-state index contributed by atoms with van der Waals surface area (Å²) in [5.41, 5.74) is 5.01. The van der Waals surface area contributed by atoms with Crippen molar-refractivity contribution in [3.63, 3.8) is 0 Å². The molecule has 0 bridgehead atoms. The van der Waals surface area contributed by atoms with Gasteiger partial charge in [-0.25, -0.2) is 4.79 Å². The largest absolute Gasteiger partial charge is 0.493 e. The number of hydrogen-bond donors (Lipinski definition) is 2. The number of carbonyl (C=O) groups excluding carboxylic acids is 1.